The molecule has 19 heavy (non-hydrogen) atoms. The number of hydrogen-bond acceptors (Lipinski definition) is 5. The van der Waals surface area contributed by atoms with Gasteiger partial charge in [0.15, 0.2) is 5.13 Å². The number of amides is 1. The van der Waals surface area contributed by atoms with Crippen LogP contribution in [0.2, 0.25) is 0 Å². The van der Waals surface area contributed by atoms with E-state index in [2.05, 4.69) is 41.0 Å². The molecule has 0 aliphatic rings. The Kier molecular flexibility index (Phi) is 3.61. The van der Waals surface area contributed by atoms with Crippen LogP contribution in [0.5, 0.6) is 0 Å². The second-order valence-corrected chi connectivity index (χ2v) is 6.14. The smallest absolute Gasteiger partial charge is 0.277 e. The summed E-state index contributed by atoms with van der Waals surface area (Å²) in [5.41, 5.74) is 2.00. The molecule has 0 saturated heterocycles. The standard InChI is InChI=1S/C13H16N4OS/c1-8-5-15-9(6-14-8)11(18)17-12-16-10(7-19-12)13(2,3)4/h5-7H,1-4H3,(H,16,17,18). The van der Waals surface area contributed by atoms with Gasteiger partial charge in [0.2, 0.25) is 0 Å². The van der Waals surface area contributed by atoms with Gasteiger partial charge in [-0.2, -0.15) is 0 Å². The number of hydrogen-bond donors (Lipinski definition) is 1. The summed E-state index contributed by atoms with van der Waals surface area (Å²) in [5, 5.41) is 5.27. The Balaban J connectivity index is 2.11. The molecule has 1 N–H and O–H groups in total. The van der Waals surface area contributed by atoms with Crippen LogP contribution in [0.1, 0.15) is 42.6 Å². The van der Waals surface area contributed by atoms with Crippen molar-refractivity contribution in [2.24, 2.45) is 0 Å². The molecule has 0 spiro atoms. The number of aromatic nitrogens is 3. The number of carbonyl (C=O) groups is 1. The van der Waals surface area contributed by atoms with E-state index in [0.29, 0.717) is 5.13 Å². The molecule has 0 aliphatic carbocycles. The second-order valence-electron chi connectivity index (χ2n) is 5.29. The summed E-state index contributed by atoms with van der Waals surface area (Å²) in [6.07, 6.45) is 3.03. The number of nitrogens with one attached hydrogen (secondary N) is 1. The van der Waals surface area contributed by atoms with E-state index in [4.69, 9.17) is 0 Å². The minimum Gasteiger partial charge on any atom is -0.296 e. The highest BCUT2D eigenvalue weighted by Crippen LogP contribution is 2.26. The van der Waals surface area contributed by atoms with Gasteiger partial charge in [0.05, 0.1) is 17.6 Å². The van der Waals surface area contributed by atoms with Crippen LogP contribution in [-0.4, -0.2) is 20.9 Å². The monoisotopic (exact) mass is 276 g/mol. The summed E-state index contributed by atoms with van der Waals surface area (Å²) in [6, 6.07) is 0. The van der Waals surface area contributed by atoms with Crippen molar-refractivity contribution >= 4 is 22.4 Å². The minimum atomic E-state index is -0.290. The maximum Gasteiger partial charge on any atom is 0.277 e. The molecule has 1 amide bonds. The fourth-order valence-electron chi connectivity index (χ4n) is 1.35. The lowest BCUT2D eigenvalue weighted by Crippen LogP contribution is -2.15. The summed E-state index contributed by atoms with van der Waals surface area (Å²) < 4.78 is 0. The van der Waals surface area contributed by atoms with Crippen LogP contribution in [0.3, 0.4) is 0 Å². The van der Waals surface area contributed by atoms with Gasteiger partial charge in [-0.15, -0.1) is 11.3 Å². The molecule has 100 valence electrons. The first-order chi connectivity index (χ1) is 8.86. The highest BCUT2D eigenvalue weighted by molar-refractivity contribution is 7.14. The molecule has 0 fully saturated rings. The number of thiazole rings is 1. The van der Waals surface area contributed by atoms with E-state index >= 15 is 0 Å². The topological polar surface area (TPSA) is 67.8 Å². The molecule has 2 heterocycles. The normalized spacial score (nSPS) is 11.4. The summed E-state index contributed by atoms with van der Waals surface area (Å²) in [6.45, 7) is 8.07. The SMILES string of the molecule is Cc1cnc(C(=O)Nc2nc(C(C)(C)C)cs2)cn1. The molecule has 6 heteroatoms. The van der Waals surface area contributed by atoms with E-state index in [0.717, 1.165) is 11.4 Å². The number of aryl methyl sites for hydroxylation is 1. The first kappa shape index (κ1) is 13.6. The Hall–Kier alpha value is -1.82. The fourth-order valence-corrected chi connectivity index (χ4v) is 2.28. The van der Waals surface area contributed by atoms with Gasteiger partial charge in [0.1, 0.15) is 5.69 Å². The molecule has 2 aromatic heterocycles. The van der Waals surface area contributed by atoms with Crippen molar-refractivity contribution in [2.45, 2.75) is 33.1 Å². The molecule has 0 aromatic carbocycles. The third-order valence-electron chi connectivity index (χ3n) is 2.51. The Bertz CT molecular complexity index is 583. The molecule has 0 unspecified atom stereocenters. The highest BCUT2D eigenvalue weighted by Gasteiger charge is 2.18. The fraction of sp³-hybridized carbons (Fsp3) is 0.385. The summed E-state index contributed by atoms with van der Waals surface area (Å²) in [4.78, 5) is 24.4. The Morgan fingerprint density at radius 2 is 2.00 bits per heavy atom. The third-order valence-corrected chi connectivity index (χ3v) is 3.26. The maximum atomic E-state index is 11.9. The van der Waals surface area contributed by atoms with Gasteiger partial charge in [-0.3, -0.25) is 15.1 Å². The van der Waals surface area contributed by atoms with E-state index < -0.39 is 0 Å². The van der Waals surface area contributed by atoms with Crippen molar-refractivity contribution in [1.29, 1.82) is 0 Å². The molecule has 0 aliphatic heterocycles. The van der Waals surface area contributed by atoms with E-state index in [-0.39, 0.29) is 17.0 Å². The van der Waals surface area contributed by atoms with Gasteiger partial charge in [-0.25, -0.2) is 9.97 Å². The van der Waals surface area contributed by atoms with E-state index in [1.807, 2.05) is 12.3 Å². The van der Waals surface area contributed by atoms with Crippen molar-refractivity contribution in [2.75, 3.05) is 5.32 Å². The lowest BCUT2D eigenvalue weighted by atomic mass is 9.93. The van der Waals surface area contributed by atoms with Crippen molar-refractivity contribution in [3.63, 3.8) is 0 Å². The van der Waals surface area contributed by atoms with E-state index in [1.165, 1.54) is 17.5 Å². The second kappa shape index (κ2) is 5.05. The molecule has 2 rings (SSSR count). The Morgan fingerprint density at radius 1 is 1.26 bits per heavy atom. The van der Waals surface area contributed by atoms with Crippen LogP contribution in [-0.2, 0) is 5.41 Å². The van der Waals surface area contributed by atoms with Crippen LogP contribution in [0.15, 0.2) is 17.8 Å². The third kappa shape index (κ3) is 3.35. The Labute approximate surface area is 116 Å². The number of rotatable bonds is 2. The number of carbonyl (C=O) groups excluding carboxylic acids is 1. The molecule has 2 aromatic rings. The van der Waals surface area contributed by atoms with Crippen LogP contribution in [0.25, 0.3) is 0 Å². The van der Waals surface area contributed by atoms with E-state index in [9.17, 15) is 4.79 Å². The lowest BCUT2D eigenvalue weighted by molar-refractivity contribution is 0.102. The zero-order valence-corrected chi connectivity index (χ0v) is 12.2. The predicted octanol–water partition coefficient (Wildman–Crippen LogP) is 2.79. The maximum absolute atomic E-state index is 11.9. The Morgan fingerprint density at radius 3 is 2.53 bits per heavy atom. The van der Waals surface area contributed by atoms with Crippen LogP contribution in [0, 0.1) is 6.92 Å². The van der Waals surface area contributed by atoms with Crippen LogP contribution < -0.4 is 5.32 Å². The molecule has 5 nitrogen and oxygen atoms in total. The van der Waals surface area contributed by atoms with Gasteiger partial charge in [-0.05, 0) is 6.92 Å². The molecule has 0 atom stereocenters. The van der Waals surface area contributed by atoms with Gasteiger partial charge in [0, 0.05) is 17.0 Å². The van der Waals surface area contributed by atoms with Crippen LogP contribution in [0.4, 0.5) is 5.13 Å². The number of anilines is 1. The quantitative estimate of drug-likeness (QED) is 0.915. The van der Waals surface area contributed by atoms with Crippen molar-refractivity contribution in [3.8, 4) is 0 Å². The first-order valence-electron chi connectivity index (χ1n) is 5.92. The molecule has 0 radical (unpaired) electrons. The lowest BCUT2D eigenvalue weighted by Gasteiger charge is -2.14. The largest absolute Gasteiger partial charge is 0.296 e. The van der Waals surface area contributed by atoms with Crippen molar-refractivity contribution in [3.05, 3.63) is 34.9 Å². The molecular formula is C13H16N4OS. The average molecular weight is 276 g/mol. The highest BCUT2D eigenvalue weighted by atomic mass is 32.1. The first-order valence-corrected chi connectivity index (χ1v) is 6.80. The van der Waals surface area contributed by atoms with Gasteiger partial charge < -0.3 is 0 Å². The molecular weight excluding hydrogens is 260 g/mol. The minimum absolute atomic E-state index is 0.0247. The van der Waals surface area contributed by atoms with Crippen LogP contribution >= 0.6 is 11.3 Å². The summed E-state index contributed by atoms with van der Waals surface area (Å²) in [7, 11) is 0. The summed E-state index contributed by atoms with van der Waals surface area (Å²) >= 11 is 1.41. The molecule has 0 bridgehead atoms. The zero-order valence-electron chi connectivity index (χ0n) is 11.4. The zero-order chi connectivity index (χ0) is 14.0. The number of nitrogens with zero attached hydrogens (tertiary/aromatic N) is 3. The van der Waals surface area contributed by atoms with E-state index in [1.54, 1.807) is 6.20 Å². The average Bonchev–Trinajstić information content (AvgIpc) is 2.78. The van der Waals surface area contributed by atoms with Crippen molar-refractivity contribution in [1.82, 2.24) is 15.0 Å². The molecule has 0 saturated carbocycles. The van der Waals surface area contributed by atoms with Gasteiger partial charge >= 0.3 is 0 Å². The predicted molar refractivity (Wildman–Crippen MR) is 75.5 cm³/mol. The van der Waals surface area contributed by atoms with Gasteiger partial charge in [-0.1, -0.05) is 20.8 Å². The summed E-state index contributed by atoms with van der Waals surface area (Å²) in [5.74, 6) is -0.290. The van der Waals surface area contributed by atoms with Gasteiger partial charge in [0.25, 0.3) is 5.91 Å². The van der Waals surface area contributed by atoms with Crippen molar-refractivity contribution < 1.29 is 4.79 Å².